The molecule has 0 aliphatic rings. The molecule has 0 unspecified atom stereocenters. The molecule has 0 saturated carbocycles. The zero-order valence-corrected chi connectivity index (χ0v) is 12.0. The van der Waals surface area contributed by atoms with Crippen molar-refractivity contribution in [2.45, 2.75) is 25.7 Å². The second kappa shape index (κ2) is 8.97. The number of methoxy groups -OCH3 is 2. The number of thiol groups is 1. The number of hydrogen-bond acceptors (Lipinski definition) is 4. The van der Waals surface area contributed by atoms with Crippen molar-refractivity contribution in [2.75, 3.05) is 26.6 Å². The van der Waals surface area contributed by atoms with E-state index in [1.165, 1.54) is 19.3 Å². The first-order valence-corrected chi connectivity index (χ1v) is 6.90. The highest BCUT2D eigenvalue weighted by Crippen LogP contribution is 2.27. The van der Waals surface area contributed by atoms with E-state index in [4.69, 9.17) is 14.2 Å². The second-order valence-electron chi connectivity index (χ2n) is 4.03. The molecule has 4 heteroatoms. The van der Waals surface area contributed by atoms with Crippen LogP contribution in [0.15, 0.2) is 18.2 Å². The maximum Gasteiger partial charge on any atom is 0.126 e. The fourth-order valence-corrected chi connectivity index (χ4v) is 1.85. The summed E-state index contributed by atoms with van der Waals surface area (Å²) in [6, 6.07) is 5.58. The standard InChI is InChI=1S/C14H22O3S/c1-15-12-9-13(16-2)11-14(10-12)17-7-5-3-4-6-8-18/h9-11,18H,3-8H2,1-2H3. The molecule has 0 spiro atoms. The minimum atomic E-state index is 0.725. The summed E-state index contributed by atoms with van der Waals surface area (Å²) in [5.41, 5.74) is 0. The highest BCUT2D eigenvalue weighted by molar-refractivity contribution is 7.80. The molecular weight excluding hydrogens is 248 g/mol. The van der Waals surface area contributed by atoms with Crippen molar-refractivity contribution in [3.63, 3.8) is 0 Å². The van der Waals surface area contributed by atoms with E-state index in [1.807, 2.05) is 18.2 Å². The molecule has 0 radical (unpaired) electrons. The molecule has 0 atom stereocenters. The topological polar surface area (TPSA) is 27.7 Å². The number of rotatable bonds is 9. The molecule has 1 aromatic rings. The van der Waals surface area contributed by atoms with Gasteiger partial charge in [-0.25, -0.2) is 0 Å². The first-order chi connectivity index (χ1) is 8.80. The molecule has 0 aliphatic heterocycles. The van der Waals surface area contributed by atoms with Gasteiger partial charge >= 0.3 is 0 Å². The number of ether oxygens (including phenoxy) is 3. The quantitative estimate of drug-likeness (QED) is 0.549. The summed E-state index contributed by atoms with van der Waals surface area (Å²) in [5, 5.41) is 0. The van der Waals surface area contributed by atoms with Crippen LogP contribution in [0, 0.1) is 0 Å². The largest absolute Gasteiger partial charge is 0.496 e. The minimum Gasteiger partial charge on any atom is -0.496 e. The number of benzene rings is 1. The molecule has 0 amide bonds. The maximum atomic E-state index is 5.69. The molecule has 3 nitrogen and oxygen atoms in total. The Morgan fingerprint density at radius 2 is 1.39 bits per heavy atom. The zero-order chi connectivity index (χ0) is 13.2. The van der Waals surface area contributed by atoms with E-state index in [0.29, 0.717) is 0 Å². The van der Waals surface area contributed by atoms with Gasteiger partial charge in [-0.2, -0.15) is 12.6 Å². The fourth-order valence-electron chi connectivity index (χ4n) is 1.62. The Morgan fingerprint density at radius 1 is 0.833 bits per heavy atom. The van der Waals surface area contributed by atoms with Gasteiger partial charge in [0.15, 0.2) is 0 Å². The lowest BCUT2D eigenvalue weighted by Crippen LogP contribution is -1.98. The summed E-state index contributed by atoms with van der Waals surface area (Å²) in [5.74, 6) is 3.26. The van der Waals surface area contributed by atoms with Crippen molar-refractivity contribution in [3.05, 3.63) is 18.2 Å². The van der Waals surface area contributed by atoms with Crippen LogP contribution in [0.1, 0.15) is 25.7 Å². The Kier molecular flexibility index (Phi) is 7.49. The van der Waals surface area contributed by atoms with Crippen molar-refractivity contribution in [2.24, 2.45) is 0 Å². The van der Waals surface area contributed by atoms with Gasteiger partial charge in [-0.1, -0.05) is 12.8 Å². The summed E-state index contributed by atoms with van der Waals surface area (Å²) in [4.78, 5) is 0. The van der Waals surface area contributed by atoms with Gasteiger partial charge in [0.25, 0.3) is 0 Å². The second-order valence-corrected chi connectivity index (χ2v) is 4.48. The van der Waals surface area contributed by atoms with Gasteiger partial charge in [0.2, 0.25) is 0 Å². The molecule has 0 N–H and O–H groups in total. The third kappa shape index (κ3) is 5.54. The third-order valence-corrected chi connectivity index (χ3v) is 2.96. The highest BCUT2D eigenvalue weighted by atomic mass is 32.1. The molecule has 18 heavy (non-hydrogen) atoms. The van der Waals surface area contributed by atoms with E-state index in [1.54, 1.807) is 14.2 Å². The molecule has 1 rings (SSSR count). The van der Waals surface area contributed by atoms with E-state index < -0.39 is 0 Å². The number of hydrogen-bond donors (Lipinski definition) is 1. The van der Waals surface area contributed by atoms with Crippen molar-refractivity contribution < 1.29 is 14.2 Å². The van der Waals surface area contributed by atoms with Crippen molar-refractivity contribution >= 4 is 12.6 Å². The minimum absolute atomic E-state index is 0.725. The Hall–Kier alpha value is -1.03. The summed E-state index contributed by atoms with van der Waals surface area (Å²) < 4.78 is 16.1. The van der Waals surface area contributed by atoms with Crippen LogP contribution in [0.5, 0.6) is 17.2 Å². The lowest BCUT2D eigenvalue weighted by Gasteiger charge is -2.10. The summed E-state index contributed by atoms with van der Waals surface area (Å²) in [7, 11) is 3.27. The van der Waals surface area contributed by atoms with Crippen molar-refractivity contribution in [1.29, 1.82) is 0 Å². The fraction of sp³-hybridized carbons (Fsp3) is 0.571. The van der Waals surface area contributed by atoms with Gasteiger partial charge in [-0.3, -0.25) is 0 Å². The average Bonchev–Trinajstić information content (AvgIpc) is 2.42. The van der Waals surface area contributed by atoms with E-state index >= 15 is 0 Å². The van der Waals surface area contributed by atoms with Crippen LogP contribution in [0.2, 0.25) is 0 Å². The molecule has 0 aliphatic carbocycles. The van der Waals surface area contributed by atoms with Gasteiger partial charge in [0.05, 0.1) is 20.8 Å². The molecule has 0 heterocycles. The molecule has 0 aromatic heterocycles. The predicted octanol–water partition coefficient (Wildman–Crippen LogP) is 3.57. The molecule has 102 valence electrons. The van der Waals surface area contributed by atoms with Crippen molar-refractivity contribution in [3.8, 4) is 17.2 Å². The third-order valence-electron chi connectivity index (χ3n) is 2.65. The molecule has 0 saturated heterocycles. The Balaban J connectivity index is 2.36. The van der Waals surface area contributed by atoms with Gasteiger partial charge in [-0.05, 0) is 18.6 Å². The van der Waals surface area contributed by atoms with E-state index in [2.05, 4.69) is 12.6 Å². The maximum absolute atomic E-state index is 5.69. The summed E-state index contributed by atoms with van der Waals surface area (Å²) in [6.07, 6.45) is 4.64. The summed E-state index contributed by atoms with van der Waals surface area (Å²) >= 11 is 4.19. The van der Waals surface area contributed by atoms with Gasteiger partial charge < -0.3 is 14.2 Å². The first kappa shape index (κ1) is 15.0. The van der Waals surface area contributed by atoms with Gasteiger partial charge in [0, 0.05) is 18.2 Å². The predicted molar refractivity (Wildman–Crippen MR) is 77.4 cm³/mol. The van der Waals surface area contributed by atoms with Crippen molar-refractivity contribution in [1.82, 2.24) is 0 Å². The van der Waals surface area contributed by atoms with Crippen LogP contribution in [0.3, 0.4) is 0 Å². The SMILES string of the molecule is COc1cc(OC)cc(OCCCCCCS)c1. The van der Waals surface area contributed by atoms with Crippen LogP contribution >= 0.6 is 12.6 Å². The van der Waals surface area contributed by atoms with Crippen LogP contribution in [-0.4, -0.2) is 26.6 Å². The molecular formula is C14H22O3S. The normalized spacial score (nSPS) is 10.2. The number of unbranched alkanes of at least 4 members (excludes halogenated alkanes) is 3. The molecule has 0 fully saturated rings. The first-order valence-electron chi connectivity index (χ1n) is 6.27. The summed E-state index contributed by atoms with van der Waals surface area (Å²) in [6.45, 7) is 0.725. The molecule has 1 aromatic carbocycles. The van der Waals surface area contributed by atoms with E-state index in [-0.39, 0.29) is 0 Å². The molecule has 0 bridgehead atoms. The van der Waals surface area contributed by atoms with E-state index in [0.717, 1.165) is 36.0 Å². The zero-order valence-electron chi connectivity index (χ0n) is 11.1. The van der Waals surface area contributed by atoms with Crippen LogP contribution in [0.25, 0.3) is 0 Å². The Labute approximate surface area is 115 Å². The Bertz CT molecular complexity index is 320. The average molecular weight is 270 g/mol. The van der Waals surface area contributed by atoms with Crippen LogP contribution in [-0.2, 0) is 0 Å². The smallest absolute Gasteiger partial charge is 0.126 e. The van der Waals surface area contributed by atoms with E-state index in [9.17, 15) is 0 Å². The Morgan fingerprint density at radius 3 is 1.94 bits per heavy atom. The monoisotopic (exact) mass is 270 g/mol. The lowest BCUT2D eigenvalue weighted by atomic mass is 10.2. The lowest BCUT2D eigenvalue weighted by molar-refractivity contribution is 0.300. The van der Waals surface area contributed by atoms with Gasteiger partial charge in [-0.15, -0.1) is 0 Å². The highest BCUT2D eigenvalue weighted by Gasteiger charge is 2.02. The van der Waals surface area contributed by atoms with Crippen LogP contribution < -0.4 is 14.2 Å². The van der Waals surface area contributed by atoms with Crippen LogP contribution in [0.4, 0.5) is 0 Å². The van der Waals surface area contributed by atoms with Gasteiger partial charge in [0.1, 0.15) is 17.2 Å².